The number of hydrogen-bond acceptors (Lipinski definition) is 3. The molecule has 5 rings (SSSR count). The normalized spacial score (nSPS) is 23.6. The van der Waals surface area contributed by atoms with Gasteiger partial charge >= 0.3 is 0 Å². The summed E-state index contributed by atoms with van der Waals surface area (Å²) in [6, 6.07) is 16.7. The van der Waals surface area contributed by atoms with Crippen LogP contribution in [0.5, 0.6) is 5.75 Å². The summed E-state index contributed by atoms with van der Waals surface area (Å²) >= 11 is 6.26. The first-order valence-electron chi connectivity index (χ1n) is 8.66. The van der Waals surface area contributed by atoms with Crippen LogP contribution in [0.2, 0.25) is 5.02 Å². The number of benzene rings is 2. The van der Waals surface area contributed by atoms with Crippen LogP contribution in [0.1, 0.15) is 49.3 Å². The third kappa shape index (κ3) is 2.07. The first-order valence-corrected chi connectivity index (χ1v) is 9.04. The summed E-state index contributed by atoms with van der Waals surface area (Å²) in [5.41, 5.74) is 3.23. The Bertz CT molecular complexity index is 812. The standard InChI is InChI=1S/C20H19ClN2O/c21-15-8-9-19-16(12-15)18-13-17(14-6-2-1-3-7-14)22-23(18)20(24-19)10-4-5-11-20/h1-3,6-9,12,18H,4-5,10-11,13H2/t18-/m1/s1. The van der Waals surface area contributed by atoms with Gasteiger partial charge in [0.2, 0.25) is 0 Å². The van der Waals surface area contributed by atoms with Crippen molar-refractivity contribution in [3.63, 3.8) is 0 Å². The Balaban J connectivity index is 1.62. The molecule has 0 N–H and O–H groups in total. The van der Waals surface area contributed by atoms with Crippen molar-refractivity contribution < 1.29 is 4.74 Å². The zero-order valence-corrected chi connectivity index (χ0v) is 14.2. The van der Waals surface area contributed by atoms with Crippen LogP contribution in [0.25, 0.3) is 0 Å². The predicted octanol–water partition coefficient (Wildman–Crippen LogP) is 5.15. The maximum atomic E-state index is 6.49. The molecule has 1 saturated carbocycles. The van der Waals surface area contributed by atoms with E-state index in [0.717, 1.165) is 41.3 Å². The van der Waals surface area contributed by atoms with Crippen LogP contribution in [0, 0.1) is 0 Å². The Morgan fingerprint density at radius 1 is 1.08 bits per heavy atom. The second-order valence-corrected chi connectivity index (χ2v) is 7.35. The summed E-state index contributed by atoms with van der Waals surface area (Å²) in [4.78, 5) is 0. The Hall–Kier alpha value is -2.00. The third-order valence-corrected chi connectivity index (χ3v) is 5.69. The highest BCUT2D eigenvalue weighted by Gasteiger charge is 2.51. The van der Waals surface area contributed by atoms with Crippen molar-refractivity contribution in [3.05, 3.63) is 64.7 Å². The minimum atomic E-state index is -0.276. The van der Waals surface area contributed by atoms with Gasteiger partial charge in [-0.15, -0.1) is 0 Å². The monoisotopic (exact) mass is 338 g/mol. The van der Waals surface area contributed by atoms with Crippen molar-refractivity contribution in [1.82, 2.24) is 5.01 Å². The van der Waals surface area contributed by atoms with Crippen LogP contribution in [0.3, 0.4) is 0 Å². The molecule has 1 aliphatic carbocycles. The molecule has 0 saturated heterocycles. The number of ether oxygens (including phenoxy) is 1. The van der Waals surface area contributed by atoms with E-state index in [-0.39, 0.29) is 11.8 Å². The number of hydrazone groups is 1. The van der Waals surface area contributed by atoms with E-state index in [1.807, 2.05) is 24.3 Å². The summed E-state index contributed by atoms with van der Waals surface area (Å²) in [6.07, 6.45) is 5.38. The fraction of sp³-hybridized carbons (Fsp3) is 0.350. The minimum absolute atomic E-state index is 0.223. The first-order chi connectivity index (χ1) is 11.8. The van der Waals surface area contributed by atoms with Gasteiger partial charge in [-0.25, -0.2) is 5.01 Å². The number of hydrogen-bond donors (Lipinski definition) is 0. The van der Waals surface area contributed by atoms with Gasteiger partial charge in [0.1, 0.15) is 5.75 Å². The van der Waals surface area contributed by atoms with E-state index in [4.69, 9.17) is 21.4 Å². The molecule has 122 valence electrons. The molecule has 2 aromatic rings. The lowest BCUT2D eigenvalue weighted by Crippen LogP contribution is -2.51. The third-order valence-electron chi connectivity index (χ3n) is 5.45. The Morgan fingerprint density at radius 2 is 1.88 bits per heavy atom. The topological polar surface area (TPSA) is 24.8 Å². The average Bonchev–Trinajstić information content (AvgIpc) is 3.25. The van der Waals surface area contributed by atoms with Crippen LogP contribution < -0.4 is 4.74 Å². The Morgan fingerprint density at radius 3 is 2.67 bits per heavy atom. The Labute approximate surface area is 146 Å². The molecule has 0 bridgehead atoms. The van der Waals surface area contributed by atoms with Crippen molar-refractivity contribution in [2.45, 2.75) is 43.9 Å². The van der Waals surface area contributed by atoms with E-state index in [1.165, 1.54) is 18.4 Å². The molecule has 1 spiro atoms. The zero-order chi connectivity index (χ0) is 16.1. The molecule has 24 heavy (non-hydrogen) atoms. The highest BCUT2D eigenvalue weighted by molar-refractivity contribution is 6.30. The van der Waals surface area contributed by atoms with Crippen LogP contribution in [-0.4, -0.2) is 16.4 Å². The maximum Gasteiger partial charge on any atom is 0.198 e. The summed E-state index contributed by atoms with van der Waals surface area (Å²) < 4.78 is 6.49. The SMILES string of the molecule is Clc1ccc2c(c1)[C@H]1CC(c3ccccc3)=NN1C1(CCCC1)O2. The number of fused-ring (bicyclic) bond motifs is 4. The molecule has 2 heterocycles. The fourth-order valence-corrected chi connectivity index (χ4v) is 4.50. The molecule has 2 aliphatic heterocycles. The fourth-order valence-electron chi connectivity index (χ4n) is 4.32. The van der Waals surface area contributed by atoms with Crippen molar-refractivity contribution in [3.8, 4) is 5.75 Å². The van der Waals surface area contributed by atoms with Gasteiger partial charge in [0.25, 0.3) is 0 Å². The van der Waals surface area contributed by atoms with E-state index in [9.17, 15) is 0 Å². The highest BCUT2D eigenvalue weighted by atomic mass is 35.5. The predicted molar refractivity (Wildman–Crippen MR) is 95.5 cm³/mol. The van der Waals surface area contributed by atoms with E-state index in [1.54, 1.807) is 0 Å². The quantitative estimate of drug-likeness (QED) is 0.718. The van der Waals surface area contributed by atoms with Gasteiger partial charge in [-0.05, 0) is 36.6 Å². The molecule has 1 atom stereocenters. The lowest BCUT2D eigenvalue weighted by atomic mass is 9.94. The van der Waals surface area contributed by atoms with Gasteiger partial charge in [0.15, 0.2) is 5.72 Å². The molecule has 2 aromatic carbocycles. The van der Waals surface area contributed by atoms with Gasteiger partial charge in [-0.3, -0.25) is 0 Å². The minimum Gasteiger partial charge on any atom is -0.466 e. The van der Waals surface area contributed by atoms with Crippen LogP contribution in [0.4, 0.5) is 0 Å². The van der Waals surface area contributed by atoms with E-state index in [2.05, 4.69) is 29.3 Å². The lowest BCUT2D eigenvalue weighted by molar-refractivity contribution is -0.114. The second-order valence-electron chi connectivity index (χ2n) is 6.91. The van der Waals surface area contributed by atoms with Crippen molar-refractivity contribution in [2.24, 2.45) is 5.10 Å². The molecule has 3 aliphatic rings. The van der Waals surface area contributed by atoms with Crippen LogP contribution in [-0.2, 0) is 0 Å². The van der Waals surface area contributed by atoms with Crippen LogP contribution >= 0.6 is 11.6 Å². The van der Waals surface area contributed by atoms with Crippen molar-refractivity contribution in [1.29, 1.82) is 0 Å². The highest BCUT2D eigenvalue weighted by Crippen LogP contribution is 2.52. The van der Waals surface area contributed by atoms with E-state index in [0.29, 0.717) is 0 Å². The van der Waals surface area contributed by atoms with Gasteiger partial charge in [-0.1, -0.05) is 41.9 Å². The Kier molecular flexibility index (Phi) is 3.14. The summed E-state index contributed by atoms with van der Waals surface area (Å²) in [5, 5.41) is 8.02. The lowest BCUT2D eigenvalue weighted by Gasteiger charge is -2.45. The number of rotatable bonds is 1. The van der Waals surface area contributed by atoms with Crippen molar-refractivity contribution >= 4 is 17.3 Å². The average molecular weight is 339 g/mol. The zero-order valence-electron chi connectivity index (χ0n) is 13.4. The molecule has 0 radical (unpaired) electrons. The van der Waals surface area contributed by atoms with Gasteiger partial charge < -0.3 is 4.74 Å². The first kappa shape index (κ1) is 14.4. The molecular formula is C20H19ClN2O. The maximum absolute atomic E-state index is 6.49. The molecule has 4 heteroatoms. The van der Waals surface area contributed by atoms with Gasteiger partial charge in [-0.2, -0.15) is 5.10 Å². The second kappa shape index (κ2) is 5.25. The molecule has 3 nitrogen and oxygen atoms in total. The molecule has 0 unspecified atom stereocenters. The number of nitrogens with zero attached hydrogens (tertiary/aromatic N) is 2. The van der Waals surface area contributed by atoms with E-state index < -0.39 is 0 Å². The molecule has 0 aromatic heterocycles. The van der Waals surface area contributed by atoms with Crippen LogP contribution in [0.15, 0.2) is 53.6 Å². The molecular weight excluding hydrogens is 320 g/mol. The van der Waals surface area contributed by atoms with Gasteiger partial charge in [0, 0.05) is 29.8 Å². The van der Waals surface area contributed by atoms with E-state index >= 15 is 0 Å². The molecule has 1 fully saturated rings. The smallest absolute Gasteiger partial charge is 0.198 e. The number of halogens is 1. The van der Waals surface area contributed by atoms with Gasteiger partial charge in [0.05, 0.1) is 11.8 Å². The molecule has 0 amide bonds. The van der Waals surface area contributed by atoms with Crippen molar-refractivity contribution in [2.75, 3.05) is 0 Å². The summed E-state index contributed by atoms with van der Waals surface area (Å²) in [5.74, 6) is 0.979. The summed E-state index contributed by atoms with van der Waals surface area (Å²) in [6.45, 7) is 0. The summed E-state index contributed by atoms with van der Waals surface area (Å²) in [7, 11) is 0. The largest absolute Gasteiger partial charge is 0.466 e.